The summed E-state index contributed by atoms with van der Waals surface area (Å²) in [5, 5.41) is 2.59. The molecule has 3 fully saturated rings. The Bertz CT molecular complexity index is 929. The van der Waals surface area contributed by atoms with E-state index < -0.39 is 0 Å². The Hall–Kier alpha value is -1.96. The van der Waals surface area contributed by atoms with E-state index in [0.29, 0.717) is 23.6 Å². The van der Waals surface area contributed by atoms with Gasteiger partial charge in [-0.3, -0.25) is 14.5 Å². The molecule has 2 saturated heterocycles. The van der Waals surface area contributed by atoms with Crippen molar-refractivity contribution >= 4 is 34.8 Å². The highest BCUT2D eigenvalue weighted by Crippen LogP contribution is 2.37. The number of halogens is 1. The lowest BCUT2D eigenvalue weighted by molar-refractivity contribution is -0.144. The van der Waals surface area contributed by atoms with Crippen LogP contribution in [0.15, 0.2) is 35.2 Å². The lowest BCUT2D eigenvalue weighted by Gasteiger charge is -2.49. The van der Waals surface area contributed by atoms with Crippen molar-refractivity contribution in [3.8, 4) is 0 Å². The van der Waals surface area contributed by atoms with E-state index in [1.165, 1.54) is 16.9 Å². The fraction of sp³-hybridized carbons (Fsp3) is 0.542. The van der Waals surface area contributed by atoms with Crippen LogP contribution in [0.25, 0.3) is 0 Å². The van der Waals surface area contributed by atoms with Crippen LogP contribution in [0.5, 0.6) is 0 Å². The predicted molar refractivity (Wildman–Crippen MR) is 126 cm³/mol. The summed E-state index contributed by atoms with van der Waals surface area (Å²) in [5.74, 6) is 1.09. The van der Waals surface area contributed by atoms with Gasteiger partial charge in [-0.2, -0.15) is 0 Å². The Balaban J connectivity index is 1.05. The Labute approximate surface area is 198 Å². The first kappa shape index (κ1) is 21.9. The molecule has 2 aromatic rings. The van der Waals surface area contributed by atoms with Crippen LogP contribution in [-0.2, 0) is 4.79 Å². The number of piperazine rings is 1. The van der Waals surface area contributed by atoms with Gasteiger partial charge in [0.1, 0.15) is 5.69 Å². The number of likely N-dealkylation sites (tertiary alicyclic amines) is 1. The number of carbonyl (C=O) groups excluding carboxylic acids is 2. The second kappa shape index (κ2) is 9.49. The van der Waals surface area contributed by atoms with Crippen molar-refractivity contribution in [3.05, 3.63) is 51.4 Å². The van der Waals surface area contributed by atoms with Crippen LogP contribution in [0, 0.1) is 5.92 Å². The number of thiazole rings is 1. The smallest absolute Gasteiger partial charge is 0.273 e. The molecule has 0 unspecified atom stereocenters. The number of hydrogen-bond donors (Lipinski definition) is 0. The third kappa shape index (κ3) is 4.56. The number of rotatable bonds is 4. The fourth-order valence-electron chi connectivity index (χ4n) is 5.30. The molecule has 5 rings (SSSR count). The molecule has 0 N–H and O–H groups in total. The molecular formula is C24H29ClN4O2S. The first-order valence-corrected chi connectivity index (χ1v) is 12.9. The van der Waals surface area contributed by atoms with E-state index in [0.717, 1.165) is 70.0 Å². The molecule has 170 valence electrons. The van der Waals surface area contributed by atoms with Gasteiger partial charge in [-0.25, -0.2) is 4.98 Å². The molecule has 1 saturated carbocycles. The molecule has 0 atom stereocenters. The summed E-state index contributed by atoms with van der Waals surface area (Å²) >= 11 is 7.46. The summed E-state index contributed by atoms with van der Waals surface area (Å²) < 4.78 is 0. The van der Waals surface area contributed by atoms with E-state index in [9.17, 15) is 9.59 Å². The van der Waals surface area contributed by atoms with E-state index in [1.807, 2.05) is 27.3 Å². The van der Waals surface area contributed by atoms with Crippen molar-refractivity contribution in [2.75, 3.05) is 39.3 Å². The second-order valence-electron chi connectivity index (χ2n) is 9.20. The van der Waals surface area contributed by atoms with Gasteiger partial charge in [0.2, 0.25) is 5.91 Å². The normalized spacial score (nSPS) is 24.9. The molecule has 1 aliphatic carbocycles. The van der Waals surface area contributed by atoms with Crippen molar-refractivity contribution < 1.29 is 9.59 Å². The zero-order valence-electron chi connectivity index (χ0n) is 18.2. The molecule has 6 nitrogen and oxygen atoms in total. The van der Waals surface area contributed by atoms with Gasteiger partial charge < -0.3 is 9.80 Å². The van der Waals surface area contributed by atoms with E-state index in [-0.39, 0.29) is 11.8 Å². The quantitative estimate of drug-likeness (QED) is 0.680. The Morgan fingerprint density at radius 1 is 0.938 bits per heavy atom. The zero-order chi connectivity index (χ0) is 22.1. The van der Waals surface area contributed by atoms with Crippen LogP contribution < -0.4 is 0 Å². The number of hydrogen-bond acceptors (Lipinski definition) is 5. The van der Waals surface area contributed by atoms with Crippen LogP contribution in [0.3, 0.4) is 0 Å². The summed E-state index contributed by atoms with van der Waals surface area (Å²) in [4.78, 5) is 36.0. The lowest BCUT2D eigenvalue weighted by Crippen LogP contribution is -2.65. The van der Waals surface area contributed by atoms with Gasteiger partial charge in [0.15, 0.2) is 0 Å². The molecule has 3 aliphatic rings. The van der Waals surface area contributed by atoms with Crippen LogP contribution in [0.1, 0.15) is 47.7 Å². The van der Waals surface area contributed by atoms with Crippen LogP contribution in [-0.4, -0.2) is 76.8 Å². The SMILES string of the molecule is O=C(c1cscn1)N1CCN(C2CN(C(=O)C3CCC(c4ccc(Cl)cc4)CC3)C2)CC1. The highest BCUT2D eigenvalue weighted by atomic mass is 35.5. The fourth-order valence-corrected chi connectivity index (χ4v) is 5.96. The molecule has 2 amide bonds. The first-order chi connectivity index (χ1) is 15.6. The van der Waals surface area contributed by atoms with Gasteiger partial charge in [0.25, 0.3) is 5.91 Å². The highest BCUT2D eigenvalue weighted by Gasteiger charge is 2.39. The zero-order valence-corrected chi connectivity index (χ0v) is 19.7. The average molecular weight is 473 g/mol. The van der Waals surface area contributed by atoms with E-state index in [1.54, 1.807) is 5.51 Å². The largest absolute Gasteiger partial charge is 0.339 e. The Morgan fingerprint density at radius 2 is 1.62 bits per heavy atom. The molecule has 0 radical (unpaired) electrons. The van der Waals surface area contributed by atoms with E-state index >= 15 is 0 Å². The topological polar surface area (TPSA) is 56.8 Å². The second-order valence-corrected chi connectivity index (χ2v) is 10.4. The molecule has 0 bridgehead atoms. The summed E-state index contributed by atoms with van der Waals surface area (Å²) in [6, 6.07) is 8.60. The number of carbonyl (C=O) groups is 2. The van der Waals surface area contributed by atoms with Crippen molar-refractivity contribution in [1.29, 1.82) is 0 Å². The van der Waals surface area contributed by atoms with Crippen LogP contribution >= 0.6 is 22.9 Å². The summed E-state index contributed by atoms with van der Waals surface area (Å²) in [6.45, 7) is 4.86. The highest BCUT2D eigenvalue weighted by molar-refractivity contribution is 7.07. The molecule has 32 heavy (non-hydrogen) atoms. The van der Waals surface area contributed by atoms with Crippen molar-refractivity contribution in [2.45, 2.75) is 37.6 Å². The summed E-state index contributed by atoms with van der Waals surface area (Å²) in [7, 11) is 0. The van der Waals surface area contributed by atoms with Crippen molar-refractivity contribution in [3.63, 3.8) is 0 Å². The summed E-state index contributed by atoms with van der Waals surface area (Å²) in [5.41, 5.74) is 3.60. The minimum absolute atomic E-state index is 0.0329. The summed E-state index contributed by atoms with van der Waals surface area (Å²) in [6.07, 6.45) is 4.10. The average Bonchev–Trinajstić information content (AvgIpc) is 3.34. The molecule has 1 aromatic heterocycles. The molecule has 8 heteroatoms. The van der Waals surface area contributed by atoms with E-state index in [4.69, 9.17) is 11.6 Å². The molecular weight excluding hydrogens is 444 g/mol. The van der Waals surface area contributed by atoms with Crippen LogP contribution in [0.2, 0.25) is 5.02 Å². The first-order valence-electron chi connectivity index (χ1n) is 11.5. The maximum atomic E-state index is 13.0. The molecule has 2 aliphatic heterocycles. The van der Waals surface area contributed by atoms with Crippen molar-refractivity contribution in [1.82, 2.24) is 19.7 Å². The number of aromatic nitrogens is 1. The maximum Gasteiger partial charge on any atom is 0.273 e. The molecule has 3 heterocycles. The Morgan fingerprint density at radius 3 is 2.25 bits per heavy atom. The monoisotopic (exact) mass is 472 g/mol. The van der Waals surface area contributed by atoms with Crippen LogP contribution in [0.4, 0.5) is 0 Å². The van der Waals surface area contributed by atoms with Gasteiger partial charge in [-0.05, 0) is 49.3 Å². The van der Waals surface area contributed by atoms with Gasteiger partial charge >= 0.3 is 0 Å². The molecule has 1 aromatic carbocycles. The Kier molecular flexibility index (Phi) is 6.49. The lowest BCUT2D eigenvalue weighted by atomic mass is 9.78. The van der Waals surface area contributed by atoms with Gasteiger partial charge in [-0.1, -0.05) is 23.7 Å². The van der Waals surface area contributed by atoms with Gasteiger partial charge in [-0.15, -0.1) is 11.3 Å². The standard InChI is InChI=1S/C24H29ClN4O2S/c25-20-7-5-18(6-8-20)17-1-3-19(4-2-17)23(30)29-13-21(14-29)27-9-11-28(12-10-27)24(31)22-15-32-16-26-22/h5-8,15-17,19,21H,1-4,9-14H2. The minimum atomic E-state index is 0.0329. The van der Waals surface area contributed by atoms with Gasteiger partial charge in [0, 0.05) is 61.6 Å². The third-order valence-electron chi connectivity index (χ3n) is 7.36. The van der Waals surface area contributed by atoms with Gasteiger partial charge in [0.05, 0.1) is 5.51 Å². The third-order valence-corrected chi connectivity index (χ3v) is 8.20. The molecule has 0 spiro atoms. The number of nitrogens with zero attached hydrogens (tertiary/aromatic N) is 4. The number of benzene rings is 1. The predicted octanol–water partition coefficient (Wildman–Crippen LogP) is 3.74. The minimum Gasteiger partial charge on any atom is -0.339 e. The maximum absolute atomic E-state index is 13.0. The number of amides is 2. The van der Waals surface area contributed by atoms with E-state index in [2.05, 4.69) is 22.0 Å². The van der Waals surface area contributed by atoms with Crippen molar-refractivity contribution in [2.24, 2.45) is 5.92 Å².